The minimum atomic E-state index is -0.815. The number of aliphatic hydroxyl groups excluding tert-OH is 4. The van der Waals surface area contributed by atoms with Gasteiger partial charge in [-0.2, -0.15) is 0 Å². The number of carbonyl (C=O) groups excluding carboxylic acids is 2. The lowest BCUT2D eigenvalue weighted by Crippen LogP contribution is -2.53. The first-order valence-electron chi connectivity index (χ1n) is 9.57. The third-order valence-electron chi connectivity index (χ3n) is 6.36. The van der Waals surface area contributed by atoms with Gasteiger partial charge in [-0.1, -0.05) is 0 Å². The van der Waals surface area contributed by atoms with Crippen molar-refractivity contribution in [3.63, 3.8) is 0 Å². The fraction of sp³-hybridized carbons (Fsp3) is 0.895. The molecule has 0 bridgehead atoms. The van der Waals surface area contributed by atoms with E-state index >= 15 is 0 Å². The second-order valence-corrected chi connectivity index (χ2v) is 8.14. The van der Waals surface area contributed by atoms with Gasteiger partial charge in [-0.15, -0.1) is 0 Å². The molecular formula is C19H32O8. The van der Waals surface area contributed by atoms with E-state index in [0.29, 0.717) is 38.5 Å². The Balaban J connectivity index is 1.97. The summed E-state index contributed by atoms with van der Waals surface area (Å²) >= 11 is 0. The molecule has 4 atom stereocenters. The van der Waals surface area contributed by atoms with Crippen LogP contribution in [-0.2, 0) is 19.1 Å². The van der Waals surface area contributed by atoms with Crippen molar-refractivity contribution >= 4 is 11.9 Å². The Kier molecular flexibility index (Phi) is 7.62. The molecule has 156 valence electrons. The number of carbonyl (C=O) groups is 2. The highest BCUT2D eigenvalue weighted by Gasteiger charge is 2.51. The van der Waals surface area contributed by atoms with Crippen molar-refractivity contribution < 1.29 is 39.5 Å². The van der Waals surface area contributed by atoms with Crippen molar-refractivity contribution in [1.29, 1.82) is 0 Å². The Morgan fingerprint density at radius 1 is 0.741 bits per heavy atom. The van der Waals surface area contributed by atoms with Crippen LogP contribution in [0.15, 0.2) is 0 Å². The highest BCUT2D eigenvalue weighted by molar-refractivity contribution is 5.69. The number of hydrogen-bond donors (Lipinski definition) is 4. The number of aliphatic hydroxyl groups is 4. The second kappa shape index (κ2) is 9.32. The lowest BCUT2D eigenvalue weighted by Gasteiger charge is -2.51. The van der Waals surface area contributed by atoms with Crippen molar-refractivity contribution in [3.05, 3.63) is 0 Å². The van der Waals surface area contributed by atoms with Crippen molar-refractivity contribution in [3.8, 4) is 0 Å². The minimum Gasteiger partial charge on any atom is -0.469 e. The molecule has 0 aromatic heterocycles. The highest BCUT2D eigenvalue weighted by atomic mass is 16.5. The third-order valence-corrected chi connectivity index (χ3v) is 6.36. The maximum absolute atomic E-state index is 11.3. The van der Waals surface area contributed by atoms with E-state index in [1.165, 1.54) is 14.2 Å². The largest absolute Gasteiger partial charge is 0.469 e. The van der Waals surface area contributed by atoms with Crippen molar-refractivity contribution in [1.82, 2.24) is 0 Å². The SMILES string of the molecule is COC(=O)CCC1C(O)CC2(CC1O)CC(O)C(CCC(=O)OC)C(O)C2. The van der Waals surface area contributed by atoms with Crippen LogP contribution >= 0.6 is 0 Å². The Hall–Kier alpha value is -1.22. The summed E-state index contributed by atoms with van der Waals surface area (Å²) in [7, 11) is 2.60. The fourth-order valence-corrected chi connectivity index (χ4v) is 4.94. The second-order valence-electron chi connectivity index (χ2n) is 8.14. The predicted molar refractivity (Wildman–Crippen MR) is 94.4 cm³/mol. The molecule has 8 nitrogen and oxygen atoms in total. The van der Waals surface area contributed by atoms with E-state index in [9.17, 15) is 30.0 Å². The molecule has 1 spiro atoms. The van der Waals surface area contributed by atoms with Gasteiger partial charge in [0.15, 0.2) is 0 Å². The monoisotopic (exact) mass is 388 g/mol. The summed E-state index contributed by atoms with van der Waals surface area (Å²) in [5.74, 6) is -1.62. The zero-order chi connectivity index (χ0) is 20.2. The molecular weight excluding hydrogens is 356 g/mol. The third kappa shape index (κ3) is 5.40. The quantitative estimate of drug-likeness (QED) is 0.472. The van der Waals surface area contributed by atoms with Gasteiger partial charge < -0.3 is 29.9 Å². The number of hydrogen-bond acceptors (Lipinski definition) is 8. The van der Waals surface area contributed by atoms with Gasteiger partial charge in [-0.3, -0.25) is 9.59 Å². The number of esters is 2. The average molecular weight is 388 g/mol. The molecule has 8 heteroatoms. The molecule has 2 aliphatic rings. The molecule has 0 amide bonds. The first kappa shape index (κ1) is 22.1. The normalized spacial score (nSPS) is 39.2. The molecule has 0 aliphatic heterocycles. The van der Waals surface area contributed by atoms with Crippen LogP contribution in [0.4, 0.5) is 0 Å². The number of methoxy groups -OCH3 is 2. The van der Waals surface area contributed by atoms with Crippen LogP contribution in [-0.4, -0.2) is 71.0 Å². The molecule has 0 heterocycles. The summed E-state index contributed by atoms with van der Waals surface area (Å²) < 4.78 is 9.22. The van der Waals surface area contributed by atoms with Crippen LogP contribution in [0.2, 0.25) is 0 Å². The van der Waals surface area contributed by atoms with Gasteiger partial charge >= 0.3 is 11.9 Å². The minimum absolute atomic E-state index is 0.128. The molecule has 0 aromatic carbocycles. The maximum Gasteiger partial charge on any atom is 0.305 e. The van der Waals surface area contributed by atoms with E-state index in [1.54, 1.807) is 0 Å². The molecule has 4 unspecified atom stereocenters. The van der Waals surface area contributed by atoms with Crippen LogP contribution in [0.5, 0.6) is 0 Å². The predicted octanol–water partition coefficient (Wildman–Crippen LogP) is 0.143. The van der Waals surface area contributed by atoms with Crippen molar-refractivity contribution in [2.24, 2.45) is 17.3 Å². The summed E-state index contributed by atoms with van der Waals surface area (Å²) in [6.45, 7) is 0. The van der Waals surface area contributed by atoms with Gasteiger partial charge in [0, 0.05) is 24.7 Å². The smallest absolute Gasteiger partial charge is 0.305 e. The molecule has 2 aliphatic carbocycles. The van der Waals surface area contributed by atoms with Crippen LogP contribution in [0, 0.1) is 17.3 Å². The number of rotatable bonds is 6. The summed E-state index contributed by atoms with van der Waals surface area (Å²) in [6.07, 6.45) is -0.923. The van der Waals surface area contributed by atoms with Crippen LogP contribution < -0.4 is 0 Å². The molecule has 0 saturated heterocycles. The van der Waals surface area contributed by atoms with Gasteiger partial charge in [0.05, 0.1) is 38.6 Å². The van der Waals surface area contributed by atoms with Gasteiger partial charge in [0.1, 0.15) is 0 Å². The number of ether oxygens (including phenoxy) is 2. The molecule has 2 rings (SSSR count). The first-order valence-corrected chi connectivity index (χ1v) is 9.57. The Morgan fingerprint density at radius 2 is 1.04 bits per heavy atom. The van der Waals surface area contributed by atoms with E-state index in [1.807, 2.05) is 0 Å². The van der Waals surface area contributed by atoms with Gasteiger partial charge in [-0.25, -0.2) is 0 Å². The molecule has 2 saturated carbocycles. The summed E-state index contributed by atoms with van der Waals surface area (Å²) in [4.78, 5) is 22.7. The van der Waals surface area contributed by atoms with E-state index in [2.05, 4.69) is 9.47 Å². The van der Waals surface area contributed by atoms with E-state index in [4.69, 9.17) is 0 Å². The average Bonchev–Trinajstić information content (AvgIpc) is 2.59. The Bertz CT molecular complexity index is 448. The van der Waals surface area contributed by atoms with Gasteiger partial charge in [0.25, 0.3) is 0 Å². The fourth-order valence-electron chi connectivity index (χ4n) is 4.94. The van der Waals surface area contributed by atoms with Gasteiger partial charge in [0.2, 0.25) is 0 Å². The van der Waals surface area contributed by atoms with E-state index < -0.39 is 41.7 Å². The van der Waals surface area contributed by atoms with Crippen LogP contribution in [0.1, 0.15) is 51.4 Å². The van der Waals surface area contributed by atoms with Crippen LogP contribution in [0.25, 0.3) is 0 Å². The standard InChI is InChI=1S/C19H32O8/c1-26-17(24)5-3-11-13(20)7-19(8-14(11)21)9-15(22)12(16(23)10-19)4-6-18(25)27-2/h11-16,20-23H,3-10H2,1-2H3. The maximum atomic E-state index is 11.3. The van der Waals surface area contributed by atoms with Crippen LogP contribution in [0.3, 0.4) is 0 Å². The zero-order valence-corrected chi connectivity index (χ0v) is 16.0. The summed E-state index contributed by atoms with van der Waals surface area (Å²) in [5, 5.41) is 42.2. The zero-order valence-electron chi connectivity index (χ0n) is 16.0. The summed E-state index contributed by atoms with van der Waals surface area (Å²) in [5.41, 5.74) is -0.554. The topological polar surface area (TPSA) is 134 Å². The first-order chi connectivity index (χ1) is 12.7. The molecule has 4 N–H and O–H groups in total. The van der Waals surface area contributed by atoms with Crippen molar-refractivity contribution in [2.45, 2.75) is 75.8 Å². The Morgan fingerprint density at radius 3 is 1.30 bits per heavy atom. The van der Waals surface area contributed by atoms with E-state index in [-0.39, 0.29) is 24.8 Å². The lowest BCUT2D eigenvalue weighted by atomic mass is 9.57. The Labute approximate surface area is 159 Å². The molecule has 0 radical (unpaired) electrons. The van der Waals surface area contributed by atoms with Crippen molar-refractivity contribution in [2.75, 3.05) is 14.2 Å². The van der Waals surface area contributed by atoms with E-state index in [0.717, 1.165) is 0 Å². The molecule has 2 fully saturated rings. The highest BCUT2D eigenvalue weighted by Crippen LogP contribution is 2.51. The molecule has 0 aromatic rings. The van der Waals surface area contributed by atoms with Gasteiger partial charge in [-0.05, 0) is 43.9 Å². The lowest BCUT2D eigenvalue weighted by molar-refractivity contribution is -0.151. The summed E-state index contributed by atoms with van der Waals surface area (Å²) in [6, 6.07) is 0. The molecule has 27 heavy (non-hydrogen) atoms.